The van der Waals surface area contributed by atoms with Gasteiger partial charge in [0.2, 0.25) is 5.91 Å². The molecule has 2 aliphatic rings. The van der Waals surface area contributed by atoms with Gasteiger partial charge in [-0.1, -0.05) is 0 Å². The van der Waals surface area contributed by atoms with Crippen molar-refractivity contribution in [1.29, 1.82) is 0 Å². The maximum Gasteiger partial charge on any atom is 0.419 e. The number of hydrogen-bond donors (Lipinski definition) is 2. The van der Waals surface area contributed by atoms with Crippen molar-refractivity contribution in [3.05, 3.63) is 23.9 Å². The van der Waals surface area contributed by atoms with Crippen LogP contribution in [0.3, 0.4) is 0 Å². The van der Waals surface area contributed by atoms with Crippen molar-refractivity contribution in [2.24, 2.45) is 5.92 Å². The zero-order valence-corrected chi connectivity index (χ0v) is 14.5. The summed E-state index contributed by atoms with van der Waals surface area (Å²) in [6.07, 6.45) is 0.403. The second kappa shape index (κ2) is 7.82. The second-order valence-corrected chi connectivity index (χ2v) is 7.15. The third kappa shape index (κ3) is 4.47. The Morgan fingerprint density at radius 1 is 1.15 bits per heavy atom. The first-order chi connectivity index (χ1) is 12.3. The van der Waals surface area contributed by atoms with Gasteiger partial charge in [0.05, 0.1) is 11.7 Å². The molecule has 0 atom stereocenters. The topological polar surface area (TPSA) is 65.5 Å². The molecule has 8 heteroatoms. The minimum Gasteiger partial charge on any atom is -0.393 e. The lowest BCUT2D eigenvalue weighted by Gasteiger charge is -2.35. The Labute approximate surface area is 150 Å². The Morgan fingerprint density at radius 3 is 2.42 bits per heavy atom. The largest absolute Gasteiger partial charge is 0.419 e. The van der Waals surface area contributed by atoms with Crippen LogP contribution in [0, 0.1) is 5.92 Å². The van der Waals surface area contributed by atoms with Gasteiger partial charge in [-0.2, -0.15) is 13.2 Å². The molecule has 1 aliphatic carbocycles. The molecule has 1 saturated heterocycles. The number of anilines is 1. The summed E-state index contributed by atoms with van der Waals surface area (Å²) >= 11 is 0. The maximum absolute atomic E-state index is 13.1. The van der Waals surface area contributed by atoms with Crippen molar-refractivity contribution < 1.29 is 23.1 Å². The van der Waals surface area contributed by atoms with E-state index in [0.29, 0.717) is 51.6 Å². The van der Waals surface area contributed by atoms with Gasteiger partial charge < -0.3 is 15.3 Å². The Morgan fingerprint density at radius 2 is 1.81 bits per heavy atom. The van der Waals surface area contributed by atoms with Gasteiger partial charge in [0.1, 0.15) is 5.82 Å². The standard InChI is InChI=1S/C18H24F3N3O2/c19-18(20,21)15-2-1-9-22-16(15)23-13-5-3-12(4-6-13)17(26)24-10-7-14(25)8-11-24/h1-2,9,12-14,25H,3-8,10-11H2,(H,22,23). The number of likely N-dealkylation sites (tertiary alicyclic amines) is 1. The number of aliphatic hydroxyl groups is 1. The molecule has 0 bridgehead atoms. The number of nitrogens with zero attached hydrogens (tertiary/aromatic N) is 2. The van der Waals surface area contributed by atoms with Crippen LogP contribution in [0.2, 0.25) is 0 Å². The van der Waals surface area contributed by atoms with Crippen molar-refractivity contribution in [3.8, 4) is 0 Å². The summed E-state index contributed by atoms with van der Waals surface area (Å²) in [5.41, 5.74) is -0.759. The van der Waals surface area contributed by atoms with Crippen molar-refractivity contribution in [1.82, 2.24) is 9.88 Å². The number of hydrogen-bond acceptors (Lipinski definition) is 4. The Balaban J connectivity index is 1.54. The average molecular weight is 371 g/mol. The predicted molar refractivity (Wildman–Crippen MR) is 90.4 cm³/mol. The normalized spacial score (nSPS) is 25.2. The molecule has 0 radical (unpaired) electrons. The quantitative estimate of drug-likeness (QED) is 0.857. The zero-order chi connectivity index (χ0) is 18.7. The highest BCUT2D eigenvalue weighted by molar-refractivity contribution is 5.79. The number of nitrogens with one attached hydrogen (secondary N) is 1. The van der Waals surface area contributed by atoms with Gasteiger partial charge in [0.25, 0.3) is 0 Å². The summed E-state index contributed by atoms with van der Waals surface area (Å²) in [6, 6.07) is 2.19. The average Bonchev–Trinajstić information content (AvgIpc) is 2.62. The summed E-state index contributed by atoms with van der Waals surface area (Å²) in [5.74, 6) is -0.0990. The minimum absolute atomic E-state index is 0.0749. The van der Waals surface area contributed by atoms with Gasteiger partial charge in [-0.25, -0.2) is 4.98 Å². The van der Waals surface area contributed by atoms with Gasteiger partial charge in [-0.05, 0) is 50.7 Å². The molecule has 2 fully saturated rings. The molecule has 1 aromatic rings. The van der Waals surface area contributed by atoms with E-state index in [9.17, 15) is 23.1 Å². The van der Waals surface area contributed by atoms with Gasteiger partial charge in [-0.3, -0.25) is 4.79 Å². The van der Waals surface area contributed by atoms with E-state index in [2.05, 4.69) is 10.3 Å². The number of aromatic nitrogens is 1. The number of amides is 1. The molecule has 0 unspecified atom stereocenters. The molecule has 26 heavy (non-hydrogen) atoms. The highest BCUT2D eigenvalue weighted by Crippen LogP contribution is 2.35. The van der Waals surface area contributed by atoms with Crippen LogP contribution < -0.4 is 5.32 Å². The van der Waals surface area contributed by atoms with Crippen LogP contribution in [-0.2, 0) is 11.0 Å². The third-order valence-corrected chi connectivity index (χ3v) is 5.31. The highest BCUT2D eigenvalue weighted by Gasteiger charge is 2.36. The van der Waals surface area contributed by atoms with E-state index >= 15 is 0 Å². The number of halogens is 3. The molecule has 1 amide bonds. The molecule has 1 saturated carbocycles. The first-order valence-electron chi connectivity index (χ1n) is 9.10. The summed E-state index contributed by atoms with van der Waals surface area (Å²) in [6.45, 7) is 1.17. The monoisotopic (exact) mass is 371 g/mol. The van der Waals surface area contributed by atoms with Gasteiger partial charge in [0.15, 0.2) is 0 Å². The number of carbonyl (C=O) groups is 1. The fraction of sp³-hybridized carbons (Fsp3) is 0.667. The number of pyridine rings is 1. The first-order valence-corrected chi connectivity index (χ1v) is 9.10. The van der Waals surface area contributed by atoms with Crippen LogP contribution in [0.15, 0.2) is 18.3 Å². The van der Waals surface area contributed by atoms with Crippen LogP contribution >= 0.6 is 0 Å². The van der Waals surface area contributed by atoms with Crippen molar-refractivity contribution >= 4 is 11.7 Å². The summed E-state index contributed by atoms with van der Waals surface area (Å²) in [7, 11) is 0. The van der Waals surface area contributed by atoms with E-state index in [0.717, 1.165) is 6.07 Å². The van der Waals surface area contributed by atoms with Gasteiger partial charge in [0, 0.05) is 31.2 Å². The lowest BCUT2D eigenvalue weighted by molar-refractivity contribution is -0.138. The van der Waals surface area contributed by atoms with Crippen molar-refractivity contribution in [3.63, 3.8) is 0 Å². The minimum atomic E-state index is -4.44. The third-order valence-electron chi connectivity index (χ3n) is 5.31. The Hall–Kier alpha value is -1.83. The van der Waals surface area contributed by atoms with Crippen LogP contribution in [0.5, 0.6) is 0 Å². The Kier molecular flexibility index (Phi) is 5.70. The molecule has 1 aromatic heterocycles. The maximum atomic E-state index is 13.1. The number of piperidine rings is 1. The van der Waals surface area contributed by atoms with Crippen LogP contribution in [0.1, 0.15) is 44.1 Å². The number of aliphatic hydroxyl groups excluding tert-OH is 1. The lowest BCUT2D eigenvalue weighted by atomic mass is 9.84. The molecular weight excluding hydrogens is 347 g/mol. The highest BCUT2D eigenvalue weighted by atomic mass is 19.4. The van der Waals surface area contributed by atoms with E-state index in [4.69, 9.17) is 0 Å². The molecule has 2 N–H and O–H groups in total. The van der Waals surface area contributed by atoms with Gasteiger partial charge >= 0.3 is 6.18 Å². The summed E-state index contributed by atoms with van der Waals surface area (Å²) in [4.78, 5) is 18.2. The zero-order valence-electron chi connectivity index (χ0n) is 14.5. The van der Waals surface area contributed by atoms with Gasteiger partial charge in [-0.15, -0.1) is 0 Å². The molecule has 144 valence electrons. The fourth-order valence-corrected chi connectivity index (χ4v) is 3.77. The second-order valence-electron chi connectivity index (χ2n) is 7.15. The van der Waals surface area contributed by atoms with E-state index in [1.54, 1.807) is 0 Å². The molecule has 0 aromatic carbocycles. The number of rotatable bonds is 3. The SMILES string of the molecule is O=C(C1CCC(Nc2ncccc2C(F)(F)F)CC1)N1CCC(O)CC1. The predicted octanol–water partition coefficient (Wildman–Crippen LogP) is 3.05. The first kappa shape index (κ1) is 18.9. The van der Waals surface area contributed by atoms with Crippen LogP contribution in [-0.4, -0.2) is 46.1 Å². The smallest absolute Gasteiger partial charge is 0.393 e. The number of carbonyl (C=O) groups excluding carboxylic acids is 1. The van der Waals surface area contributed by atoms with Crippen molar-refractivity contribution in [2.75, 3.05) is 18.4 Å². The molecule has 5 nitrogen and oxygen atoms in total. The number of alkyl halides is 3. The van der Waals surface area contributed by atoms with Crippen LogP contribution in [0.25, 0.3) is 0 Å². The molecule has 3 rings (SSSR count). The van der Waals surface area contributed by atoms with Crippen molar-refractivity contribution in [2.45, 2.75) is 56.8 Å². The fourth-order valence-electron chi connectivity index (χ4n) is 3.77. The summed E-state index contributed by atoms with van der Waals surface area (Å²) < 4.78 is 39.2. The molecule has 2 heterocycles. The molecular formula is C18H24F3N3O2. The summed E-state index contributed by atoms with van der Waals surface area (Å²) in [5, 5.41) is 12.5. The molecule has 0 spiro atoms. The van der Waals surface area contributed by atoms with E-state index in [1.807, 2.05) is 4.90 Å². The van der Waals surface area contributed by atoms with Crippen LogP contribution in [0.4, 0.5) is 19.0 Å². The van der Waals surface area contributed by atoms with E-state index in [1.165, 1.54) is 12.3 Å². The van der Waals surface area contributed by atoms with E-state index < -0.39 is 11.7 Å². The molecule has 1 aliphatic heterocycles. The lowest BCUT2D eigenvalue weighted by Crippen LogP contribution is -2.44. The van der Waals surface area contributed by atoms with E-state index in [-0.39, 0.29) is 29.8 Å². The Bertz CT molecular complexity index is 622.